The quantitative estimate of drug-likeness (QED) is 0.313. The summed E-state index contributed by atoms with van der Waals surface area (Å²) in [5.74, 6) is 1.38. The number of hydrogen-bond acceptors (Lipinski definition) is 5. The van der Waals surface area contributed by atoms with E-state index in [9.17, 15) is 4.39 Å². The van der Waals surface area contributed by atoms with Gasteiger partial charge in [0.1, 0.15) is 29.0 Å². The van der Waals surface area contributed by atoms with E-state index in [1.807, 2.05) is 4.57 Å². The van der Waals surface area contributed by atoms with Gasteiger partial charge in [-0.15, -0.1) is 0 Å². The van der Waals surface area contributed by atoms with Crippen LogP contribution in [0.5, 0.6) is 0 Å². The van der Waals surface area contributed by atoms with Gasteiger partial charge in [-0.05, 0) is 56.1 Å². The Labute approximate surface area is 219 Å². The Bertz CT molecular complexity index is 1230. The molecule has 1 fully saturated rings. The second-order valence-electron chi connectivity index (χ2n) is 8.42. The summed E-state index contributed by atoms with van der Waals surface area (Å²) < 4.78 is 16.0. The summed E-state index contributed by atoms with van der Waals surface area (Å²) in [7, 11) is 0. The van der Waals surface area contributed by atoms with E-state index < -0.39 is 5.82 Å². The zero-order valence-corrected chi connectivity index (χ0v) is 21.3. The van der Waals surface area contributed by atoms with Crippen molar-refractivity contribution in [3.8, 4) is 11.4 Å². The monoisotopic (exact) mass is 534 g/mol. The number of nitrogens with one attached hydrogen (secondary N) is 2. The largest absolute Gasteiger partial charge is 0.383 e. The number of nitrogen functional groups attached to an aromatic ring is 1. The minimum Gasteiger partial charge on any atom is -0.383 e. The number of nitrogens with zero attached hydrogens (tertiary/aromatic N) is 3. The second kappa shape index (κ2) is 11.4. The van der Waals surface area contributed by atoms with E-state index in [2.05, 4.69) is 22.2 Å². The molecule has 1 aromatic heterocycles. The van der Waals surface area contributed by atoms with E-state index >= 15 is 0 Å². The fourth-order valence-corrected chi connectivity index (χ4v) is 4.78. The molecule has 10 heteroatoms. The minimum atomic E-state index is -0.400. The SMILES string of the molecule is C=C(/N=C\c1nc(-c2c(Cl)cccc2Cl)n(C[C@@H]2CCCNC2)c1N)NCc1ccc(Cl)cc1F. The van der Waals surface area contributed by atoms with Crippen molar-refractivity contribution < 1.29 is 4.39 Å². The molecule has 0 unspecified atom stereocenters. The summed E-state index contributed by atoms with van der Waals surface area (Å²) >= 11 is 18.8. The van der Waals surface area contributed by atoms with Crippen LogP contribution in [0.15, 0.2) is 53.8 Å². The van der Waals surface area contributed by atoms with Crippen LogP contribution in [0.1, 0.15) is 24.1 Å². The Morgan fingerprint density at radius 2 is 2.06 bits per heavy atom. The fourth-order valence-electron chi connectivity index (χ4n) is 4.05. The van der Waals surface area contributed by atoms with E-state index in [0.29, 0.717) is 61.8 Å². The molecule has 4 rings (SSSR count). The van der Waals surface area contributed by atoms with Crippen molar-refractivity contribution in [2.75, 3.05) is 18.8 Å². The summed E-state index contributed by atoms with van der Waals surface area (Å²) in [6, 6.07) is 9.84. The van der Waals surface area contributed by atoms with Crippen molar-refractivity contribution in [2.24, 2.45) is 10.9 Å². The molecule has 0 spiro atoms. The Kier molecular flexibility index (Phi) is 8.34. The molecule has 1 aliphatic heterocycles. The van der Waals surface area contributed by atoms with E-state index in [-0.39, 0.29) is 6.54 Å². The fraction of sp³-hybridized carbons (Fsp3) is 0.280. The van der Waals surface area contributed by atoms with Crippen molar-refractivity contribution >= 4 is 46.8 Å². The number of aromatic nitrogens is 2. The van der Waals surface area contributed by atoms with Gasteiger partial charge in [0.25, 0.3) is 0 Å². The van der Waals surface area contributed by atoms with Crippen molar-refractivity contribution in [3.05, 3.63) is 80.9 Å². The number of anilines is 1. The third kappa shape index (κ3) is 6.16. The number of imidazole rings is 1. The van der Waals surface area contributed by atoms with Gasteiger partial charge >= 0.3 is 0 Å². The normalized spacial score (nSPS) is 16.1. The van der Waals surface area contributed by atoms with E-state index in [1.54, 1.807) is 30.3 Å². The highest BCUT2D eigenvalue weighted by Crippen LogP contribution is 2.36. The molecule has 2 heterocycles. The van der Waals surface area contributed by atoms with Crippen molar-refractivity contribution in [1.29, 1.82) is 0 Å². The lowest BCUT2D eigenvalue weighted by Gasteiger charge is -2.24. The van der Waals surface area contributed by atoms with Crippen LogP contribution in [0.2, 0.25) is 15.1 Å². The number of rotatable bonds is 8. The molecule has 4 N–H and O–H groups in total. The maximum Gasteiger partial charge on any atom is 0.145 e. The van der Waals surface area contributed by atoms with Crippen molar-refractivity contribution in [2.45, 2.75) is 25.9 Å². The standard InChI is InChI=1S/C25H26Cl3FN6/c1-15(32-12-17-7-8-18(26)10-21(17)29)33-13-22-24(30)35(14-16-4-3-9-31-11-16)25(34-22)23-19(27)5-2-6-20(23)28/h2,5-8,10,13,16,31-32H,1,3-4,9,11-12,14,30H2/b33-13-/t16-/m1/s1. The Morgan fingerprint density at radius 1 is 1.29 bits per heavy atom. The maximum absolute atomic E-state index is 14.0. The first-order valence-corrected chi connectivity index (χ1v) is 12.4. The van der Waals surface area contributed by atoms with Crippen LogP contribution in [-0.2, 0) is 13.1 Å². The van der Waals surface area contributed by atoms with Gasteiger partial charge in [0.05, 0.1) is 21.8 Å². The van der Waals surface area contributed by atoms with Crippen LogP contribution in [0.4, 0.5) is 10.2 Å². The minimum absolute atomic E-state index is 0.207. The average molecular weight is 536 g/mol. The molecule has 0 radical (unpaired) electrons. The molecule has 184 valence electrons. The molecule has 0 saturated carbocycles. The first kappa shape index (κ1) is 25.5. The second-order valence-corrected chi connectivity index (χ2v) is 9.67. The molecule has 1 atom stereocenters. The summed E-state index contributed by atoms with van der Waals surface area (Å²) in [5, 5.41) is 7.74. The highest BCUT2D eigenvalue weighted by atomic mass is 35.5. The van der Waals surface area contributed by atoms with E-state index in [0.717, 1.165) is 25.9 Å². The Hall–Kier alpha value is -2.58. The van der Waals surface area contributed by atoms with Crippen LogP contribution in [0.25, 0.3) is 11.4 Å². The molecule has 6 nitrogen and oxygen atoms in total. The number of hydrogen-bond donors (Lipinski definition) is 3. The molecule has 1 aliphatic rings. The summed E-state index contributed by atoms with van der Waals surface area (Å²) in [6.45, 7) is 6.69. The third-order valence-electron chi connectivity index (χ3n) is 5.90. The van der Waals surface area contributed by atoms with Crippen LogP contribution in [-0.4, -0.2) is 28.9 Å². The number of piperidine rings is 1. The molecule has 3 aromatic rings. The van der Waals surface area contributed by atoms with Gasteiger partial charge in [0.2, 0.25) is 0 Å². The van der Waals surface area contributed by atoms with Crippen LogP contribution < -0.4 is 16.4 Å². The smallest absolute Gasteiger partial charge is 0.145 e. The van der Waals surface area contributed by atoms with Gasteiger partial charge in [0.15, 0.2) is 0 Å². The van der Waals surface area contributed by atoms with Crippen molar-refractivity contribution in [3.63, 3.8) is 0 Å². The molecule has 2 aromatic carbocycles. The number of halogens is 4. The Morgan fingerprint density at radius 3 is 2.74 bits per heavy atom. The van der Waals surface area contributed by atoms with Gasteiger partial charge in [-0.3, -0.25) is 0 Å². The first-order chi connectivity index (χ1) is 16.8. The van der Waals surface area contributed by atoms with E-state index in [4.69, 9.17) is 45.5 Å². The topological polar surface area (TPSA) is 80.3 Å². The number of aliphatic imine (C=N–C) groups is 1. The Balaban J connectivity index is 1.58. The van der Waals surface area contributed by atoms with Gasteiger partial charge in [-0.25, -0.2) is 14.4 Å². The van der Waals surface area contributed by atoms with Crippen LogP contribution >= 0.6 is 34.8 Å². The average Bonchev–Trinajstić information content (AvgIpc) is 3.12. The first-order valence-electron chi connectivity index (χ1n) is 11.3. The zero-order valence-electron chi connectivity index (χ0n) is 19.0. The highest BCUT2D eigenvalue weighted by Gasteiger charge is 2.23. The van der Waals surface area contributed by atoms with Crippen LogP contribution in [0.3, 0.4) is 0 Å². The van der Waals surface area contributed by atoms with Crippen molar-refractivity contribution in [1.82, 2.24) is 20.2 Å². The predicted molar refractivity (Wildman–Crippen MR) is 143 cm³/mol. The third-order valence-corrected chi connectivity index (χ3v) is 6.77. The van der Waals surface area contributed by atoms with Gasteiger partial charge in [-0.1, -0.05) is 53.5 Å². The maximum atomic E-state index is 14.0. The lowest BCUT2D eigenvalue weighted by Crippen LogP contribution is -2.32. The van der Waals surface area contributed by atoms with Gasteiger partial charge in [-0.2, -0.15) is 0 Å². The highest BCUT2D eigenvalue weighted by molar-refractivity contribution is 6.39. The number of benzene rings is 2. The summed E-state index contributed by atoms with van der Waals surface area (Å²) in [5.41, 5.74) is 8.08. The van der Waals surface area contributed by atoms with Gasteiger partial charge in [0, 0.05) is 23.7 Å². The summed E-state index contributed by atoms with van der Waals surface area (Å²) in [6.07, 6.45) is 3.73. The lowest BCUT2D eigenvalue weighted by molar-refractivity contribution is 0.340. The van der Waals surface area contributed by atoms with Gasteiger partial charge < -0.3 is 20.9 Å². The zero-order chi connectivity index (χ0) is 24.9. The van der Waals surface area contributed by atoms with E-state index in [1.165, 1.54) is 12.3 Å². The molecule has 0 aliphatic carbocycles. The summed E-state index contributed by atoms with van der Waals surface area (Å²) in [4.78, 5) is 9.08. The lowest BCUT2D eigenvalue weighted by atomic mass is 9.99. The molecule has 0 bridgehead atoms. The molecule has 1 saturated heterocycles. The van der Waals surface area contributed by atoms with Crippen LogP contribution in [0, 0.1) is 11.7 Å². The molecule has 35 heavy (non-hydrogen) atoms. The molecular formula is C25H26Cl3FN6. The number of nitrogens with two attached hydrogens (primary N) is 1. The molecular weight excluding hydrogens is 510 g/mol. The molecule has 0 amide bonds. The predicted octanol–water partition coefficient (Wildman–Crippen LogP) is 5.91.